The van der Waals surface area contributed by atoms with Crippen LogP contribution in [-0.4, -0.2) is 28.9 Å². The van der Waals surface area contributed by atoms with Gasteiger partial charge in [-0.3, -0.25) is 14.9 Å². The van der Waals surface area contributed by atoms with Crippen LogP contribution in [0.5, 0.6) is 0 Å². The first-order valence-corrected chi connectivity index (χ1v) is 6.08. The highest BCUT2D eigenvalue weighted by molar-refractivity contribution is 9.10. The number of rotatable bonds is 6. The molecule has 1 aromatic rings. The third kappa shape index (κ3) is 4.66. The molecule has 0 aromatic carbocycles. The van der Waals surface area contributed by atoms with Gasteiger partial charge in [-0.25, -0.2) is 4.98 Å². The third-order valence-corrected chi connectivity index (χ3v) is 2.48. The first kappa shape index (κ1) is 14.4. The molecule has 7 nitrogen and oxygen atoms in total. The van der Waals surface area contributed by atoms with E-state index in [9.17, 15) is 14.9 Å². The van der Waals surface area contributed by atoms with Crippen LogP contribution in [-0.2, 0) is 4.79 Å². The minimum Gasteiger partial charge on any atom is -0.364 e. The SMILES string of the molecule is CC(=O)NCCCNc1ncc(Br)cc1[N+](=O)[O-]. The zero-order valence-electron chi connectivity index (χ0n) is 9.77. The van der Waals surface area contributed by atoms with Gasteiger partial charge in [0, 0.05) is 36.7 Å². The quantitative estimate of drug-likeness (QED) is 0.473. The number of nitro groups is 1. The topological polar surface area (TPSA) is 97.2 Å². The standard InChI is InChI=1S/C10H13BrN4O3/c1-7(16)12-3-2-4-13-10-9(15(17)18)5-8(11)6-14-10/h5-6H,2-4H2,1H3,(H,12,16)(H,13,14). The van der Waals surface area contributed by atoms with Crippen LogP contribution in [0, 0.1) is 10.1 Å². The van der Waals surface area contributed by atoms with Crippen molar-refractivity contribution in [3.63, 3.8) is 0 Å². The Morgan fingerprint density at radius 2 is 2.28 bits per heavy atom. The lowest BCUT2D eigenvalue weighted by Crippen LogP contribution is -2.22. The van der Waals surface area contributed by atoms with Crippen molar-refractivity contribution >= 4 is 33.3 Å². The zero-order chi connectivity index (χ0) is 13.5. The van der Waals surface area contributed by atoms with Gasteiger partial charge >= 0.3 is 5.69 Å². The average Bonchev–Trinajstić information content (AvgIpc) is 2.29. The number of pyridine rings is 1. The zero-order valence-corrected chi connectivity index (χ0v) is 11.4. The van der Waals surface area contributed by atoms with Crippen molar-refractivity contribution in [3.05, 3.63) is 26.9 Å². The molecule has 0 aliphatic carbocycles. The van der Waals surface area contributed by atoms with Gasteiger partial charge in [-0.05, 0) is 22.4 Å². The highest BCUT2D eigenvalue weighted by atomic mass is 79.9. The van der Waals surface area contributed by atoms with Gasteiger partial charge in [0.05, 0.1) is 4.92 Å². The molecule has 1 rings (SSSR count). The van der Waals surface area contributed by atoms with Gasteiger partial charge in [0.25, 0.3) is 0 Å². The Balaban J connectivity index is 2.51. The van der Waals surface area contributed by atoms with Crippen molar-refractivity contribution in [2.24, 2.45) is 0 Å². The Bertz CT molecular complexity index is 453. The molecule has 1 aromatic heterocycles. The van der Waals surface area contributed by atoms with Gasteiger partial charge in [0.2, 0.25) is 11.7 Å². The number of aromatic nitrogens is 1. The molecule has 0 bridgehead atoms. The Kier molecular flexibility index (Phi) is 5.50. The van der Waals surface area contributed by atoms with Crippen LogP contribution in [0.15, 0.2) is 16.7 Å². The monoisotopic (exact) mass is 316 g/mol. The number of carbonyl (C=O) groups is 1. The molecule has 8 heteroatoms. The number of nitrogens with zero attached hydrogens (tertiary/aromatic N) is 2. The van der Waals surface area contributed by atoms with Crippen LogP contribution in [0.1, 0.15) is 13.3 Å². The van der Waals surface area contributed by atoms with Crippen LogP contribution in [0.2, 0.25) is 0 Å². The number of nitrogens with one attached hydrogen (secondary N) is 2. The normalized spacial score (nSPS) is 9.89. The molecule has 18 heavy (non-hydrogen) atoms. The predicted octanol–water partition coefficient (Wildman–Crippen LogP) is 1.69. The maximum Gasteiger partial charge on any atom is 0.312 e. The summed E-state index contributed by atoms with van der Waals surface area (Å²) in [6.45, 7) is 2.46. The Labute approximate surface area is 112 Å². The molecule has 2 N–H and O–H groups in total. The summed E-state index contributed by atoms with van der Waals surface area (Å²) in [5, 5.41) is 16.3. The molecule has 0 radical (unpaired) electrons. The fraction of sp³-hybridized carbons (Fsp3) is 0.400. The van der Waals surface area contributed by atoms with Gasteiger partial charge in [-0.1, -0.05) is 0 Å². The summed E-state index contributed by atoms with van der Waals surface area (Å²) in [7, 11) is 0. The molecule has 0 aliphatic rings. The largest absolute Gasteiger partial charge is 0.364 e. The summed E-state index contributed by atoms with van der Waals surface area (Å²) in [4.78, 5) is 24.9. The summed E-state index contributed by atoms with van der Waals surface area (Å²) in [6, 6.07) is 1.39. The maximum atomic E-state index is 10.8. The average molecular weight is 317 g/mol. The van der Waals surface area contributed by atoms with Crippen molar-refractivity contribution in [1.29, 1.82) is 0 Å². The number of anilines is 1. The smallest absolute Gasteiger partial charge is 0.312 e. The molecule has 1 amide bonds. The Morgan fingerprint density at radius 3 is 2.89 bits per heavy atom. The number of hydrogen-bond donors (Lipinski definition) is 2. The first-order chi connectivity index (χ1) is 8.50. The van der Waals surface area contributed by atoms with Gasteiger partial charge in [0.1, 0.15) is 0 Å². The van der Waals surface area contributed by atoms with E-state index in [4.69, 9.17) is 0 Å². The van der Waals surface area contributed by atoms with Crippen molar-refractivity contribution in [1.82, 2.24) is 10.3 Å². The van der Waals surface area contributed by atoms with E-state index in [0.717, 1.165) is 0 Å². The van der Waals surface area contributed by atoms with Gasteiger partial charge in [0.15, 0.2) is 0 Å². The number of halogens is 1. The minimum absolute atomic E-state index is 0.0797. The van der Waals surface area contributed by atoms with E-state index >= 15 is 0 Å². The lowest BCUT2D eigenvalue weighted by molar-refractivity contribution is -0.384. The van der Waals surface area contributed by atoms with Crippen LogP contribution < -0.4 is 10.6 Å². The first-order valence-electron chi connectivity index (χ1n) is 5.29. The number of amides is 1. The van der Waals surface area contributed by atoms with Crippen molar-refractivity contribution in [2.45, 2.75) is 13.3 Å². The molecule has 0 fully saturated rings. The van der Waals surface area contributed by atoms with Gasteiger partial charge < -0.3 is 10.6 Å². The highest BCUT2D eigenvalue weighted by Crippen LogP contribution is 2.24. The number of hydrogen-bond acceptors (Lipinski definition) is 5. The molecule has 0 unspecified atom stereocenters. The summed E-state index contributed by atoms with van der Waals surface area (Å²) in [5.41, 5.74) is -0.0797. The fourth-order valence-corrected chi connectivity index (χ4v) is 1.58. The Morgan fingerprint density at radius 1 is 1.56 bits per heavy atom. The van der Waals surface area contributed by atoms with Crippen molar-refractivity contribution < 1.29 is 9.72 Å². The molecule has 0 atom stereocenters. The molecule has 1 heterocycles. The number of carbonyl (C=O) groups excluding carboxylic acids is 1. The second kappa shape index (κ2) is 6.90. The van der Waals surface area contributed by atoms with E-state index in [1.165, 1.54) is 19.2 Å². The summed E-state index contributed by atoms with van der Waals surface area (Å²) >= 11 is 3.13. The molecular weight excluding hydrogens is 304 g/mol. The molecule has 0 spiro atoms. The summed E-state index contributed by atoms with van der Waals surface area (Å²) < 4.78 is 0.554. The summed E-state index contributed by atoms with van der Waals surface area (Å²) in [5.74, 6) is 0.133. The maximum absolute atomic E-state index is 10.8. The van der Waals surface area contributed by atoms with Gasteiger partial charge in [-0.2, -0.15) is 0 Å². The highest BCUT2D eigenvalue weighted by Gasteiger charge is 2.15. The Hall–Kier alpha value is -1.70. The molecule has 0 saturated carbocycles. The van der Waals surface area contributed by atoms with E-state index in [0.29, 0.717) is 24.0 Å². The lowest BCUT2D eigenvalue weighted by atomic mass is 10.3. The van der Waals surface area contributed by atoms with E-state index in [-0.39, 0.29) is 17.4 Å². The van der Waals surface area contributed by atoms with Crippen LogP contribution >= 0.6 is 15.9 Å². The van der Waals surface area contributed by atoms with Crippen LogP contribution in [0.3, 0.4) is 0 Å². The van der Waals surface area contributed by atoms with Crippen LogP contribution in [0.25, 0.3) is 0 Å². The molecule has 98 valence electrons. The second-order valence-corrected chi connectivity index (χ2v) is 4.46. The van der Waals surface area contributed by atoms with E-state index in [1.54, 1.807) is 0 Å². The van der Waals surface area contributed by atoms with E-state index < -0.39 is 4.92 Å². The molecular formula is C10H13BrN4O3. The van der Waals surface area contributed by atoms with Crippen molar-refractivity contribution in [3.8, 4) is 0 Å². The lowest BCUT2D eigenvalue weighted by Gasteiger charge is -2.06. The van der Waals surface area contributed by atoms with E-state index in [2.05, 4.69) is 31.5 Å². The fourth-order valence-electron chi connectivity index (χ4n) is 1.26. The predicted molar refractivity (Wildman–Crippen MR) is 70.4 cm³/mol. The summed E-state index contributed by atoms with van der Waals surface area (Å²) in [6.07, 6.45) is 2.15. The van der Waals surface area contributed by atoms with Crippen molar-refractivity contribution in [2.75, 3.05) is 18.4 Å². The second-order valence-electron chi connectivity index (χ2n) is 3.54. The van der Waals surface area contributed by atoms with E-state index in [1.807, 2.05) is 0 Å². The van der Waals surface area contributed by atoms with Gasteiger partial charge in [-0.15, -0.1) is 0 Å². The molecule has 0 saturated heterocycles. The van der Waals surface area contributed by atoms with Crippen LogP contribution in [0.4, 0.5) is 11.5 Å². The minimum atomic E-state index is -0.492. The third-order valence-electron chi connectivity index (χ3n) is 2.05. The molecule has 0 aliphatic heterocycles.